The van der Waals surface area contributed by atoms with Gasteiger partial charge in [-0.2, -0.15) is 0 Å². The standard InChI is InChI=1S/C21H26N2O2/c1-16(13-14-18-9-5-3-6-10-18)22-20(24)15-17(2)23-21(25)19-11-7-4-8-12-19/h3-12,16-17H,13-15H2,1-2H3,(H,22,24)(H,23,25)/t16-,17+/m0/s1. The van der Waals surface area contributed by atoms with E-state index in [0.29, 0.717) is 5.56 Å². The molecule has 0 spiro atoms. The molecular weight excluding hydrogens is 312 g/mol. The van der Waals surface area contributed by atoms with Gasteiger partial charge in [0.2, 0.25) is 5.91 Å². The summed E-state index contributed by atoms with van der Waals surface area (Å²) in [5.74, 6) is -0.195. The van der Waals surface area contributed by atoms with E-state index in [-0.39, 0.29) is 30.3 Å². The van der Waals surface area contributed by atoms with Gasteiger partial charge in [0.1, 0.15) is 0 Å². The molecule has 2 N–H and O–H groups in total. The zero-order chi connectivity index (χ0) is 18.1. The van der Waals surface area contributed by atoms with E-state index in [2.05, 4.69) is 22.8 Å². The Labute approximate surface area is 149 Å². The summed E-state index contributed by atoms with van der Waals surface area (Å²) >= 11 is 0. The Hall–Kier alpha value is -2.62. The van der Waals surface area contributed by atoms with Gasteiger partial charge in [-0.15, -0.1) is 0 Å². The Morgan fingerprint density at radius 3 is 2.08 bits per heavy atom. The molecule has 2 rings (SSSR count). The topological polar surface area (TPSA) is 58.2 Å². The van der Waals surface area contributed by atoms with Crippen molar-refractivity contribution in [3.63, 3.8) is 0 Å². The van der Waals surface area contributed by atoms with Crippen LogP contribution in [-0.2, 0) is 11.2 Å². The van der Waals surface area contributed by atoms with Crippen molar-refractivity contribution in [1.82, 2.24) is 10.6 Å². The normalized spacial score (nSPS) is 12.9. The molecule has 0 heterocycles. The van der Waals surface area contributed by atoms with Gasteiger partial charge in [-0.05, 0) is 44.4 Å². The minimum Gasteiger partial charge on any atom is -0.354 e. The number of hydrogen-bond acceptors (Lipinski definition) is 2. The molecule has 2 amide bonds. The predicted octanol–water partition coefficient (Wildman–Crippen LogP) is 3.33. The Bertz CT molecular complexity index is 671. The Morgan fingerprint density at radius 1 is 0.840 bits per heavy atom. The SMILES string of the molecule is C[C@H](CC(=O)N[C@@H](C)CCc1ccccc1)NC(=O)c1ccccc1. The molecule has 0 saturated heterocycles. The number of carbonyl (C=O) groups excluding carboxylic acids is 2. The molecule has 132 valence electrons. The van der Waals surface area contributed by atoms with Crippen LogP contribution in [0.2, 0.25) is 0 Å². The molecule has 0 aliphatic heterocycles. The zero-order valence-electron chi connectivity index (χ0n) is 14.9. The van der Waals surface area contributed by atoms with Crippen molar-refractivity contribution in [3.05, 3.63) is 71.8 Å². The van der Waals surface area contributed by atoms with E-state index >= 15 is 0 Å². The van der Waals surface area contributed by atoms with Crippen molar-refractivity contribution in [2.75, 3.05) is 0 Å². The van der Waals surface area contributed by atoms with Crippen molar-refractivity contribution in [1.29, 1.82) is 0 Å². The van der Waals surface area contributed by atoms with E-state index in [1.807, 2.05) is 50.2 Å². The Kier molecular flexibility index (Phi) is 7.20. The Balaban J connectivity index is 1.70. The first-order valence-corrected chi connectivity index (χ1v) is 8.74. The first-order chi connectivity index (χ1) is 12.0. The number of rotatable bonds is 8. The molecule has 2 aromatic rings. The van der Waals surface area contributed by atoms with Crippen LogP contribution in [-0.4, -0.2) is 23.9 Å². The molecule has 0 aliphatic rings. The minimum atomic E-state index is -0.214. The summed E-state index contributed by atoms with van der Waals surface area (Å²) in [7, 11) is 0. The van der Waals surface area contributed by atoms with Crippen LogP contribution in [0.25, 0.3) is 0 Å². The van der Waals surface area contributed by atoms with Crippen molar-refractivity contribution in [2.45, 2.75) is 45.2 Å². The fourth-order valence-electron chi connectivity index (χ4n) is 2.66. The molecule has 2 atom stereocenters. The average Bonchev–Trinajstić information content (AvgIpc) is 2.61. The van der Waals surface area contributed by atoms with E-state index < -0.39 is 0 Å². The van der Waals surface area contributed by atoms with Crippen molar-refractivity contribution < 1.29 is 9.59 Å². The third-order valence-electron chi connectivity index (χ3n) is 4.02. The summed E-state index contributed by atoms with van der Waals surface area (Å²) in [4.78, 5) is 24.2. The fourth-order valence-corrected chi connectivity index (χ4v) is 2.66. The van der Waals surface area contributed by atoms with Crippen LogP contribution in [0.5, 0.6) is 0 Å². The van der Waals surface area contributed by atoms with Gasteiger partial charge in [0.15, 0.2) is 0 Å². The molecule has 0 saturated carbocycles. The average molecular weight is 338 g/mol. The van der Waals surface area contributed by atoms with Gasteiger partial charge in [-0.25, -0.2) is 0 Å². The third-order valence-corrected chi connectivity index (χ3v) is 4.02. The lowest BCUT2D eigenvalue weighted by molar-refractivity contribution is -0.122. The van der Waals surface area contributed by atoms with Gasteiger partial charge in [0, 0.05) is 24.1 Å². The van der Waals surface area contributed by atoms with Gasteiger partial charge in [-0.3, -0.25) is 9.59 Å². The summed E-state index contributed by atoms with van der Waals surface area (Å²) in [6.45, 7) is 3.85. The molecule has 4 nitrogen and oxygen atoms in total. The van der Waals surface area contributed by atoms with Crippen molar-refractivity contribution >= 4 is 11.8 Å². The fraction of sp³-hybridized carbons (Fsp3) is 0.333. The van der Waals surface area contributed by atoms with Crippen molar-refractivity contribution in [3.8, 4) is 0 Å². The van der Waals surface area contributed by atoms with Gasteiger partial charge >= 0.3 is 0 Å². The minimum absolute atomic E-state index is 0.0403. The quantitative estimate of drug-likeness (QED) is 0.776. The molecule has 0 bridgehead atoms. The lowest BCUT2D eigenvalue weighted by Crippen LogP contribution is -2.40. The highest BCUT2D eigenvalue weighted by Gasteiger charge is 2.14. The van der Waals surface area contributed by atoms with Crippen LogP contribution in [0.15, 0.2) is 60.7 Å². The summed E-state index contributed by atoms with van der Waals surface area (Å²) in [6.07, 6.45) is 2.09. The molecule has 0 unspecified atom stereocenters. The van der Waals surface area contributed by atoms with Crippen LogP contribution in [0.3, 0.4) is 0 Å². The van der Waals surface area contributed by atoms with Gasteiger partial charge < -0.3 is 10.6 Å². The second-order valence-electron chi connectivity index (χ2n) is 6.44. The maximum absolute atomic E-state index is 12.1. The smallest absolute Gasteiger partial charge is 0.251 e. The highest BCUT2D eigenvalue weighted by Crippen LogP contribution is 2.05. The van der Waals surface area contributed by atoms with E-state index in [1.54, 1.807) is 12.1 Å². The maximum Gasteiger partial charge on any atom is 0.251 e. The lowest BCUT2D eigenvalue weighted by atomic mass is 10.1. The molecule has 25 heavy (non-hydrogen) atoms. The number of benzene rings is 2. The van der Waals surface area contributed by atoms with Crippen molar-refractivity contribution in [2.24, 2.45) is 0 Å². The maximum atomic E-state index is 12.1. The first-order valence-electron chi connectivity index (χ1n) is 8.74. The summed E-state index contributed by atoms with van der Waals surface area (Å²) < 4.78 is 0. The summed E-state index contributed by atoms with van der Waals surface area (Å²) in [6, 6.07) is 19.1. The molecule has 0 aromatic heterocycles. The van der Waals surface area contributed by atoms with E-state index in [1.165, 1.54) is 5.56 Å². The molecular formula is C21H26N2O2. The number of amides is 2. The predicted molar refractivity (Wildman–Crippen MR) is 100 cm³/mol. The molecule has 2 aromatic carbocycles. The van der Waals surface area contributed by atoms with E-state index in [0.717, 1.165) is 12.8 Å². The summed E-state index contributed by atoms with van der Waals surface area (Å²) in [5, 5.41) is 5.86. The number of nitrogens with one attached hydrogen (secondary N) is 2. The van der Waals surface area contributed by atoms with Crippen LogP contribution >= 0.6 is 0 Å². The monoisotopic (exact) mass is 338 g/mol. The van der Waals surface area contributed by atoms with Gasteiger partial charge in [0.25, 0.3) is 5.91 Å². The molecule has 0 aliphatic carbocycles. The highest BCUT2D eigenvalue weighted by molar-refractivity contribution is 5.94. The second-order valence-corrected chi connectivity index (χ2v) is 6.44. The largest absolute Gasteiger partial charge is 0.354 e. The van der Waals surface area contributed by atoms with Crippen LogP contribution in [0.4, 0.5) is 0 Å². The zero-order valence-corrected chi connectivity index (χ0v) is 14.9. The number of hydrogen-bond donors (Lipinski definition) is 2. The highest BCUT2D eigenvalue weighted by atomic mass is 16.2. The lowest BCUT2D eigenvalue weighted by Gasteiger charge is -2.17. The molecule has 0 fully saturated rings. The van der Waals surface area contributed by atoms with Crippen LogP contribution in [0, 0.1) is 0 Å². The van der Waals surface area contributed by atoms with E-state index in [9.17, 15) is 9.59 Å². The summed E-state index contributed by atoms with van der Waals surface area (Å²) in [5.41, 5.74) is 1.87. The Morgan fingerprint density at radius 2 is 1.44 bits per heavy atom. The first kappa shape index (κ1) is 18.7. The second kappa shape index (κ2) is 9.62. The van der Waals surface area contributed by atoms with Crippen LogP contribution < -0.4 is 10.6 Å². The van der Waals surface area contributed by atoms with Gasteiger partial charge in [0.05, 0.1) is 0 Å². The number of carbonyl (C=O) groups is 2. The third kappa shape index (κ3) is 6.79. The molecule has 0 radical (unpaired) electrons. The van der Waals surface area contributed by atoms with E-state index in [4.69, 9.17) is 0 Å². The van der Waals surface area contributed by atoms with Gasteiger partial charge in [-0.1, -0.05) is 48.5 Å². The molecule has 4 heteroatoms. The van der Waals surface area contributed by atoms with Crippen LogP contribution in [0.1, 0.15) is 42.6 Å². The number of aryl methyl sites for hydroxylation is 1.